The monoisotopic (exact) mass is 561 g/mol. The number of benzene rings is 2. The zero-order chi connectivity index (χ0) is 27.8. The van der Waals surface area contributed by atoms with E-state index in [1.807, 2.05) is 18.2 Å². The third-order valence-corrected chi connectivity index (χ3v) is 8.66. The molecule has 1 aromatic heterocycles. The summed E-state index contributed by atoms with van der Waals surface area (Å²) in [7, 11) is 2.11. The van der Waals surface area contributed by atoms with Crippen molar-refractivity contribution in [1.82, 2.24) is 19.8 Å². The highest BCUT2D eigenvalue weighted by atomic mass is 35.5. The second kappa shape index (κ2) is 11.0. The van der Waals surface area contributed by atoms with Crippen molar-refractivity contribution in [2.75, 3.05) is 49.6 Å². The van der Waals surface area contributed by atoms with Crippen molar-refractivity contribution in [3.05, 3.63) is 52.7 Å². The molecule has 11 heteroatoms. The molecule has 2 aromatic carbocycles. The number of halogens is 1. The summed E-state index contributed by atoms with van der Waals surface area (Å²) in [6, 6.07) is 14.5. The van der Waals surface area contributed by atoms with Crippen molar-refractivity contribution in [2.24, 2.45) is 0 Å². The number of rotatable bonds is 6. The molecule has 6 rings (SSSR count). The van der Waals surface area contributed by atoms with E-state index in [-0.39, 0.29) is 6.42 Å². The van der Waals surface area contributed by atoms with Crippen LogP contribution in [-0.4, -0.2) is 82.9 Å². The first-order valence-electron chi connectivity index (χ1n) is 13.7. The van der Waals surface area contributed by atoms with Gasteiger partial charge in [0.25, 0.3) is 0 Å². The maximum absolute atomic E-state index is 11.8. The Morgan fingerprint density at radius 2 is 1.95 bits per heavy atom. The van der Waals surface area contributed by atoms with Crippen LogP contribution in [0.15, 0.2) is 36.4 Å². The molecule has 1 unspecified atom stereocenters. The molecule has 2 saturated heterocycles. The minimum atomic E-state index is -1.00. The van der Waals surface area contributed by atoms with Gasteiger partial charge in [0.1, 0.15) is 12.4 Å². The average molecular weight is 562 g/mol. The van der Waals surface area contributed by atoms with Crippen molar-refractivity contribution >= 4 is 40.0 Å². The van der Waals surface area contributed by atoms with Crippen molar-refractivity contribution in [1.29, 1.82) is 5.26 Å². The molecule has 10 nitrogen and oxygen atoms in total. The zero-order valence-electron chi connectivity index (χ0n) is 22.5. The first-order valence-corrected chi connectivity index (χ1v) is 14.1. The number of likely N-dealkylation sites (tertiary alicyclic amines) is 1. The van der Waals surface area contributed by atoms with E-state index in [4.69, 9.17) is 26.3 Å². The number of fused-ring (bicyclic) bond motifs is 2. The molecule has 1 amide bonds. The van der Waals surface area contributed by atoms with E-state index in [0.29, 0.717) is 56.4 Å². The van der Waals surface area contributed by atoms with Crippen LogP contribution in [0.3, 0.4) is 0 Å². The summed E-state index contributed by atoms with van der Waals surface area (Å²) in [6.07, 6.45) is 1.35. The van der Waals surface area contributed by atoms with Gasteiger partial charge in [0.15, 0.2) is 0 Å². The van der Waals surface area contributed by atoms with E-state index in [2.05, 4.69) is 46.0 Å². The largest absolute Gasteiger partial charge is 0.465 e. The first-order chi connectivity index (χ1) is 19.4. The van der Waals surface area contributed by atoms with Crippen LogP contribution in [0, 0.1) is 11.3 Å². The molecular formula is C29H32ClN7O3. The maximum atomic E-state index is 11.8. The van der Waals surface area contributed by atoms with Gasteiger partial charge in [-0.2, -0.15) is 15.2 Å². The van der Waals surface area contributed by atoms with Crippen molar-refractivity contribution in [3.8, 4) is 12.1 Å². The SMILES string of the molecule is CN1CCC[C@H]1COc1nc2c(c(N3CCN(C(=O)O)C(CC#N)C3)n1)CN(c1cccc3cccc(Cl)c13)C2. The first kappa shape index (κ1) is 26.4. The average Bonchev–Trinajstić information content (AvgIpc) is 3.57. The third-order valence-electron chi connectivity index (χ3n) is 8.34. The summed E-state index contributed by atoms with van der Waals surface area (Å²) in [5, 5.41) is 21.8. The fraction of sp³-hybridized carbons (Fsp3) is 0.448. The quantitative estimate of drug-likeness (QED) is 0.469. The summed E-state index contributed by atoms with van der Waals surface area (Å²) < 4.78 is 6.19. The van der Waals surface area contributed by atoms with Crippen LogP contribution < -0.4 is 14.5 Å². The molecule has 0 bridgehead atoms. The minimum absolute atomic E-state index is 0.119. The van der Waals surface area contributed by atoms with Gasteiger partial charge >= 0.3 is 12.1 Å². The van der Waals surface area contributed by atoms with E-state index < -0.39 is 12.1 Å². The Bertz CT molecular complexity index is 1470. The minimum Gasteiger partial charge on any atom is -0.465 e. The van der Waals surface area contributed by atoms with E-state index >= 15 is 0 Å². The molecule has 3 aliphatic rings. The second-order valence-corrected chi connectivity index (χ2v) is 11.2. The lowest BCUT2D eigenvalue weighted by atomic mass is 10.1. The number of anilines is 2. The molecule has 40 heavy (non-hydrogen) atoms. The van der Waals surface area contributed by atoms with Crippen molar-refractivity contribution in [3.63, 3.8) is 0 Å². The van der Waals surface area contributed by atoms with Gasteiger partial charge in [0, 0.05) is 48.9 Å². The lowest BCUT2D eigenvalue weighted by Crippen LogP contribution is -2.55. The van der Waals surface area contributed by atoms with Crippen LogP contribution in [0.2, 0.25) is 5.02 Å². The van der Waals surface area contributed by atoms with Crippen LogP contribution in [0.4, 0.5) is 16.3 Å². The number of amides is 1. The van der Waals surface area contributed by atoms with Crippen LogP contribution in [0.25, 0.3) is 10.8 Å². The molecule has 0 spiro atoms. The molecule has 1 N–H and O–H groups in total. The van der Waals surface area contributed by atoms with Crippen LogP contribution in [0.1, 0.15) is 30.5 Å². The number of nitriles is 1. The molecule has 2 atom stereocenters. The van der Waals surface area contributed by atoms with Gasteiger partial charge in [-0.1, -0.05) is 35.9 Å². The normalized spacial score (nSPS) is 21.1. The molecule has 0 saturated carbocycles. The second-order valence-electron chi connectivity index (χ2n) is 10.8. The number of nitrogens with zero attached hydrogens (tertiary/aromatic N) is 7. The Morgan fingerprint density at radius 3 is 2.70 bits per heavy atom. The fourth-order valence-corrected chi connectivity index (χ4v) is 6.47. The van der Waals surface area contributed by atoms with Crippen molar-refractivity contribution in [2.45, 2.75) is 44.4 Å². The lowest BCUT2D eigenvalue weighted by molar-refractivity contribution is 0.119. The van der Waals surface area contributed by atoms with Gasteiger partial charge in [0.2, 0.25) is 0 Å². The number of hydrogen-bond donors (Lipinski definition) is 1. The van der Waals surface area contributed by atoms with Gasteiger partial charge in [-0.05, 0) is 44.0 Å². The molecular weight excluding hydrogens is 530 g/mol. The number of piperazine rings is 1. The molecule has 0 aliphatic carbocycles. The van der Waals surface area contributed by atoms with Gasteiger partial charge in [-0.15, -0.1) is 0 Å². The van der Waals surface area contributed by atoms with Gasteiger partial charge in [0.05, 0.1) is 35.8 Å². The van der Waals surface area contributed by atoms with Crippen LogP contribution >= 0.6 is 11.6 Å². The highest BCUT2D eigenvalue weighted by molar-refractivity contribution is 6.36. The third kappa shape index (κ3) is 4.95. The molecule has 3 aromatic rings. The number of likely N-dealkylation sites (N-methyl/N-ethyl adjacent to an activating group) is 1. The Balaban J connectivity index is 1.35. The van der Waals surface area contributed by atoms with Crippen LogP contribution in [0.5, 0.6) is 6.01 Å². The Kier molecular flexibility index (Phi) is 7.26. The standard InChI is InChI=1S/C29H32ClN7O3/c1-34-12-4-7-21(34)18-40-28-32-24-17-36(25-9-3-6-19-5-2-8-23(30)26(19)25)16-22(24)27(33-28)35-13-14-37(29(38)39)20(15-35)10-11-31/h2-3,5-6,8-9,20-21H,4,7,10,12-18H2,1H3,(H,38,39)/t20?,21-/m0/s1. The lowest BCUT2D eigenvalue weighted by Gasteiger charge is -2.40. The predicted octanol–water partition coefficient (Wildman–Crippen LogP) is 4.36. The smallest absolute Gasteiger partial charge is 0.407 e. The highest BCUT2D eigenvalue weighted by Crippen LogP contribution is 2.39. The highest BCUT2D eigenvalue weighted by Gasteiger charge is 2.35. The zero-order valence-corrected chi connectivity index (χ0v) is 23.2. The van der Waals surface area contributed by atoms with Gasteiger partial charge in [-0.25, -0.2) is 4.79 Å². The summed E-state index contributed by atoms with van der Waals surface area (Å²) >= 11 is 6.66. The van der Waals surface area contributed by atoms with Gasteiger partial charge < -0.3 is 29.4 Å². The van der Waals surface area contributed by atoms with Gasteiger partial charge in [-0.3, -0.25) is 0 Å². The van der Waals surface area contributed by atoms with E-state index in [1.54, 1.807) is 0 Å². The molecule has 0 radical (unpaired) electrons. The van der Waals surface area contributed by atoms with E-state index in [1.165, 1.54) is 4.90 Å². The molecule has 2 fully saturated rings. The van der Waals surface area contributed by atoms with Crippen LogP contribution in [-0.2, 0) is 13.1 Å². The molecule has 4 heterocycles. The topological polar surface area (TPSA) is 109 Å². The summed E-state index contributed by atoms with van der Waals surface area (Å²) in [5.41, 5.74) is 2.91. The Hall–Kier alpha value is -3.81. The molecule has 3 aliphatic heterocycles. The number of hydrogen-bond acceptors (Lipinski definition) is 8. The predicted molar refractivity (Wildman–Crippen MR) is 153 cm³/mol. The van der Waals surface area contributed by atoms with E-state index in [9.17, 15) is 15.2 Å². The number of ether oxygens (including phenoxy) is 1. The fourth-order valence-electron chi connectivity index (χ4n) is 6.19. The van der Waals surface area contributed by atoms with Crippen molar-refractivity contribution < 1.29 is 14.6 Å². The Labute approximate surface area is 238 Å². The summed E-state index contributed by atoms with van der Waals surface area (Å²) in [4.78, 5) is 29.6. The van der Waals surface area contributed by atoms with E-state index in [0.717, 1.165) is 52.9 Å². The maximum Gasteiger partial charge on any atom is 0.407 e. The number of carboxylic acid groups (broad SMARTS) is 1. The summed E-state index contributed by atoms with van der Waals surface area (Å²) in [6.45, 7) is 3.89. The summed E-state index contributed by atoms with van der Waals surface area (Å²) in [5.74, 6) is 0.751. The molecule has 208 valence electrons. The number of aromatic nitrogens is 2. The number of carbonyl (C=O) groups is 1. The Morgan fingerprint density at radius 1 is 1.12 bits per heavy atom.